The van der Waals surface area contributed by atoms with Gasteiger partial charge in [-0.3, -0.25) is 4.79 Å². The third-order valence-corrected chi connectivity index (χ3v) is 6.65. The van der Waals surface area contributed by atoms with Crippen LogP contribution in [-0.2, 0) is 4.79 Å². The van der Waals surface area contributed by atoms with Crippen molar-refractivity contribution in [1.29, 1.82) is 0 Å². The van der Waals surface area contributed by atoms with Gasteiger partial charge in [-0.2, -0.15) is 4.98 Å². The Kier molecular flexibility index (Phi) is 7.53. The van der Waals surface area contributed by atoms with E-state index in [1.807, 2.05) is 6.92 Å². The van der Waals surface area contributed by atoms with Crippen molar-refractivity contribution in [3.05, 3.63) is 45.8 Å². The summed E-state index contributed by atoms with van der Waals surface area (Å²) < 4.78 is 14.4. The molecule has 1 aromatic heterocycles. The Balaban J connectivity index is 1.40. The fourth-order valence-corrected chi connectivity index (χ4v) is 4.79. The van der Waals surface area contributed by atoms with Gasteiger partial charge in [-0.15, -0.1) is 0 Å². The minimum atomic E-state index is -0.791. The van der Waals surface area contributed by atoms with Crippen LogP contribution in [0, 0.1) is 5.82 Å². The lowest BCUT2D eigenvalue weighted by molar-refractivity contribution is -0.124. The highest BCUT2D eigenvalue weighted by atomic mass is 35.5. The lowest BCUT2D eigenvalue weighted by Crippen LogP contribution is -2.56. The number of nitrogens with one attached hydrogen (secondary N) is 3. The van der Waals surface area contributed by atoms with Crippen molar-refractivity contribution < 1.29 is 14.3 Å². The first-order chi connectivity index (χ1) is 15.8. The molecule has 0 spiro atoms. The Morgan fingerprint density at radius 2 is 2.18 bits per heavy atom. The summed E-state index contributed by atoms with van der Waals surface area (Å²) in [7, 11) is 0. The number of aliphatic hydroxyl groups is 1. The van der Waals surface area contributed by atoms with E-state index < -0.39 is 11.9 Å². The topological polar surface area (TPSA) is 102 Å². The first-order valence-corrected chi connectivity index (χ1v) is 11.8. The lowest BCUT2D eigenvalue weighted by atomic mass is 10.0. The molecular weight excluding hydrogens is 470 g/mol. The van der Waals surface area contributed by atoms with Crippen LogP contribution >= 0.6 is 23.2 Å². The number of nitrogens with zero attached hydrogens (tertiary/aromatic N) is 3. The molecule has 4 atom stereocenters. The summed E-state index contributed by atoms with van der Waals surface area (Å²) in [6.07, 6.45) is 2.62. The van der Waals surface area contributed by atoms with Gasteiger partial charge in [-0.25, -0.2) is 9.37 Å². The van der Waals surface area contributed by atoms with E-state index in [4.69, 9.17) is 23.2 Å². The van der Waals surface area contributed by atoms with Crippen molar-refractivity contribution >= 4 is 40.9 Å². The zero-order chi connectivity index (χ0) is 23.5. The third-order valence-electron chi connectivity index (χ3n) is 6.08. The molecule has 2 aliphatic heterocycles. The summed E-state index contributed by atoms with van der Waals surface area (Å²) in [6, 6.07) is 4.25. The fraction of sp³-hybridized carbons (Fsp3) is 0.500. The second kappa shape index (κ2) is 10.4. The van der Waals surface area contributed by atoms with E-state index in [0.29, 0.717) is 29.0 Å². The molecule has 0 aliphatic carbocycles. The number of aromatic nitrogens is 2. The van der Waals surface area contributed by atoms with Gasteiger partial charge >= 0.3 is 0 Å². The first-order valence-electron chi connectivity index (χ1n) is 11.0. The molecule has 2 fully saturated rings. The number of halogens is 3. The molecule has 2 aliphatic rings. The average molecular weight is 497 g/mol. The van der Waals surface area contributed by atoms with Crippen LogP contribution in [0.2, 0.25) is 10.0 Å². The Morgan fingerprint density at radius 1 is 1.36 bits per heavy atom. The van der Waals surface area contributed by atoms with Crippen LogP contribution in [0.4, 0.5) is 16.2 Å². The predicted octanol–water partition coefficient (Wildman–Crippen LogP) is 2.90. The van der Waals surface area contributed by atoms with Gasteiger partial charge in [-0.1, -0.05) is 29.3 Å². The standard InChI is InChI=1S/C22H27Cl2FN6O2/c1-12(14-5-4-13(23)9-15(14)24)28-20-16(25)10-27-22(30-20)31-8-6-17(19(32)11-31)29-21(33)18-3-2-7-26-18/h4-5,9-10,12,17-19,26,32H,2-3,6-8,11H2,1H3,(H,29,33)(H,27,28,30)/t12?,17-,18+,19+/m0/s1. The Hall–Kier alpha value is -2.20. The number of aliphatic hydroxyl groups excluding tert-OH is 1. The molecule has 0 saturated carbocycles. The average Bonchev–Trinajstić information content (AvgIpc) is 3.32. The molecule has 2 aromatic rings. The van der Waals surface area contributed by atoms with Gasteiger partial charge in [0.25, 0.3) is 0 Å². The van der Waals surface area contributed by atoms with Crippen molar-refractivity contribution in [2.24, 2.45) is 0 Å². The normalized spacial score (nSPS) is 23.9. The molecule has 0 bridgehead atoms. The highest BCUT2D eigenvalue weighted by Crippen LogP contribution is 2.29. The first kappa shape index (κ1) is 23.9. The van der Waals surface area contributed by atoms with Crippen molar-refractivity contribution in [3.63, 3.8) is 0 Å². The van der Waals surface area contributed by atoms with E-state index in [0.717, 1.165) is 31.1 Å². The minimum absolute atomic E-state index is 0.0377. The van der Waals surface area contributed by atoms with Crippen LogP contribution < -0.4 is 20.9 Å². The summed E-state index contributed by atoms with van der Waals surface area (Å²) in [5, 5.41) is 20.7. The monoisotopic (exact) mass is 496 g/mol. The maximum Gasteiger partial charge on any atom is 0.237 e. The van der Waals surface area contributed by atoms with E-state index in [1.165, 1.54) is 0 Å². The number of benzene rings is 1. The summed E-state index contributed by atoms with van der Waals surface area (Å²) in [6.45, 7) is 3.42. The second-order valence-corrected chi connectivity index (χ2v) is 9.31. The van der Waals surface area contributed by atoms with Crippen LogP contribution in [0.25, 0.3) is 0 Å². The molecule has 11 heteroatoms. The Bertz CT molecular complexity index is 1010. The molecule has 1 aromatic carbocycles. The predicted molar refractivity (Wildman–Crippen MR) is 126 cm³/mol. The van der Waals surface area contributed by atoms with Crippen molar-refractivity contribution in [2.75, 3.05) is 29.9 Å². The molecule has 33 heavy (non-hydrogen) atoms. The Morgan fingerprint density at radius 3 is 2.88 bits per heavy atom. The van der Waals surface area contributed by atoms with Gasteiger partial charge in [-0.05, 0) is 50.4 Å². The second-order valence-electron chi connectivity index (χ2n) is 8.46. The maximum atomic E-state index is 14.4. The maximum absolute atomic E-state index is 14.4. The lowest BCUT2D eigenvalue weighted by Gasteiger charge is -2.36. The number of carbonyl (C=O) groups is 1. The van der Waals surface area contributed by atoms with E-state index in [1.54, 1.807) is 23.1 Å². The summed E-state index contributed by atoms with van der Waals surface area (Å²) in [5.41, 5.74) is 0.754. The van der Waals surface area contributed by atoms with Gasteiger partial charge in [0.15, 0.2) is 11.6 Å². The number of piperidine rings is 1. The molecule has 8 nitrogen and oxygen atoms in total. The van der Waals surface area contributed by atoms with E-state index in [-0.39, 0.29) is 36.4 Å². The zero-order valence-electron chi connectivity index (χ0n) is 18.2. The summed E-state index contributed by atoms with van der Waals surface area (Å²) in [4.78, 5) is 22.6. The molecule has 4 rings (SSSR count). The fourth-order valence-electron chi connectivity index (χ4n) is 4.22. The van der Waals surface area contributed by atoms with Crippen molar-refractivity contribution in [2.45, 2.75) is 50.4 Å². The van der Waals surface area contributed by atoms with Gasteiger partial charge < -0.3 is 26.0 Å². The highest BCUT2D eigenvalue weighted by Gasteiger charge is 2.32. The number of rotatable bonds is 6. The van der Waals surface area contributed by atoms with Crippen LogP contribution in [0.1, 0.15) is 37.8 Å². The largest absolute Gasteiger partial charge is 0.389 e. The smallest absolute Gasteiger partial charge is 0.237 e. The zero-order valence-corrected chi connectivity index (χ0v) is 19.7. The number of carbonyl (C=O) groups excluding carboxylic acids is 1. The summed E-state index contributed by atoms with van der Waals surface area (Å²) in [5.74, 6) is -0.336. The minimum Gasteiger partial charge on any atom is -0.389 e. The van der Waals surface area contributed by atoms with E-state index >= 15 is 0 Å². The van der Waals surface area contributed by atoms with Gasteiger partial charge in [0.1, 0.15) is 0 Å². The molecule has 1 unspecified atom stereocenters. The molecule has 4 N–H and O–H groups in total. The molecule has 178 valence electrons. The Labute approximate surface area is 201 Å². The number of β-amino-alcohol motifs (C(OH)–C–C–N with tert-alkyl or cyclic N) is 1. The van der Waals surface area contributed by atoms with Gasteiger partial charge in [0.2, 0.25) is 11.9 Å². The third kappa shape index (κ3) is 5.66. The quantitative estimate of drug-likeness (QED) is 0.487. The highest BCUT2D eigenvalue weighted by molar-refractivity contribution is 6.35. The number of anilines is 2. The van der Waals surface area contributed by atoms with E-state index in [2.05, 4.69) is 25.9 Å². The molecule has 1 amide bonds. The van der Waals surface area contributed by atoms with Crippen molar-refractivity contribution in [3.8, 4) is 0 Å². The van der Waals surface area contributed by atoms with Gasteiger partial charge in [0, 0.05) is 23.1 Å². The molecular formula is C22H27Cl2FN6O2. The molecule has 3 heterocycles. The summed E-state index contributed by atoms with van der Waals surface area (Å²) >= 11 is 12.2. The van der Waals surface area contributed by atoms with E-state index in [9.17, 15) is 14.3 Å². The van der Waals surface area contributed by atoms with Crippen LogP contribution in [0.3, 0.4) is 0 Å². The molecule has 2 saturated heterocycles. The number of amides is 1. The molecule has 0 radical (unpaired) electrons. The SMILES string of the molecule is CC(Nc1nc(N2CC[C@H](NC(=O)[C@H]3CCCN3)[C@H](O)C2)ncc1F)c1ccc(Cl)cc1Cl. The number of hydrogen-bond acceptors (Lipinski definition) is 7. The van der Waals surface area contributed by atoms with Crippen LogP contribution in [-0.4, -0.2) is 58.8 Å². The number of hydrogen-bond donors (Lipinski definition) is 4. The van der Waals surface area contributed by atoms with Gasteiger partial charge in [0.05, 0.1) is 30.4 Å². The van der Waals surface area contributed by atoms with Crippen LogP contribution in [0.15, 0.2) is 24.4 Å². The van der Waals surface area contributed by atoms with Crippen LogP contribution in [0.5, 0.6) is 0 Å². The van der Waals surface area contributed by atoms with Crippen molar-refractivity contribution in [1.82, 2.24) is 20.6 Å².